The lowest BCUT2D eigenvalue weighted by molar-refractivity contribution is 0.269. The van der Waals surface area contributed by atoms with Crippen LogP contribution in [0.25, 0.3) is 0 Å². The van der Waals surface area contributed by atoms with Crippen LogP contribution in [-0.2, 0) is 13.1 Å². The van der Waals surface area contributed by atoms with Crippen LogP contribution in [0.5, 0.6) is 0 Å². The van der Waals surface area contributed by atoms with Crippen molar-refractivity contribution in [1.82, 2.24) is 15.1 Å². The molecule has 1 aromatic carbocycles. The molecule has 1 atom stereocenters. The molecule has 0 amide bonds. The van der Waals surface area contributed by atoms with Crippen molar-refractivity contribution in [2.24, 2.45) is 0 Å². The average Bonchev–Trinajstić information content (AvgIpc) is 2.84. The van der Waals surface area contributed by atoms with Crippen LogP contribution < -0.4 is 5.32 Å². The summed E-state index contributed by atoms with van der Waals surface area (Å²) in [5.41, 5.74) is 0.928. The summed E-state index contributed by atoms with van der Waals surface area (Å²) < 4.78 is 28.8. The lowest BCUT2D eigenvalue weighted by atomic mass is 10.1. The number of nitrogens with zero attached hydrogens (tertiary/aromatic N) is 2. The van der Waals surface area contributed by atoms with Gasteiger partial charge in [-0.1, -0.05) is 6.07 Å². The normalized spacial score (nSPS) is 12.6. The molecule has 0 aliphatic carbocycles. The van der Waals surface area contributed by atoms with Crippen molar-refractivity contribution < 1.29 is 13.9 Å². The van der Waals surface area contributed by atoms with E-state index in [2.05, 4.69) is 10.4 Å². The minimum Gasteiger partial charge on any atom is -0.394 e. The Morgan fingerprint density at radius 3 is 2.70 bits per heavy atom. The van der Waals surface area contributed by atoms with Crippen molar-refractivity contribution in [2.75, 3.05) is 6.61 Å². The van der Waals surface area contributed by atoms with Crippen molar-refractivity contribution >= 4 is 0 Å². The van der Waals surface area contributed by atoms with E-state index >= 15 is 0 Å². The molecule has 2 aromatic rings. The van der Waals surface area contributed by atoms with Crippen LogP contribution in [0.1, 0.15) is 24.1 Å². The molecule has 4 nitrogen and oxygen atoms in total. The molecule has 0 aliphatic rings. The third-order valence-corrected chi connectivity index (χ3v) is 3.06. The maximum absolute atomic E-state index is 13.6. The van der Waals surface area contributed by atoms with E-state index in [-0.39, 0.29) is 12.2 Å². The predicted octanol–water partition coefficient (Wildman–Crippen LogP) is 2.00. The van der Waals surface area contributed by atoms with Crippen molar-refractivity contribution in [3.05, 3.63) is 53.4 Å². The second-order valence-corrected chi connectivity index (χ2v) is 4.57. The van der Waals surface area contributed by atoms with E-state index in [1.165, 1.54) is 18.2 Å². The van der Waals surface area contributed by atoms with Crippen LogP contribution in [-0.4, -0.2) is 21.5 Å². The van der Waals surface area contributed by atoms with Crippen molar-refractivity contribution in [2.45, 2.75) is 26.1 Å². The van der Waals surface area contributed by atoms with Gasteiger partial charge in [0, 0.05) is 29.9 Å². The molecule has 1 heterocycles. The van der Waals surface area contributed by atoms with Gasteiger partial charge in [0.2, 0.25) is 0 Å². The van der Waals surface area contributed by atoms with Crippen molar-refractivity contribution in [1.29, 1.82) is 0 Å². The molecule has 2 N–H and O–H groups in total. The standard InChI is InChI=1S/C14H17F2N3O/c1-10(14-12(15)3-2-4-13(14)16)17-7-11-8-18-19(9-11)5-6-20/h2-4,8-10,17,20H,5-7H2,1H3. The van der Waals surface area contributed by atoms with E-state index in [1.54, 1.807) is 24.0 Å². The monoisotopic (exact) mass is 281 g/mol. The fourth-order valence-corrected chi connectivity index (χ4v) is 2.02. The summed E-state index contributed by atoms with van der Waals surface area (Å²) in [4.78, 5) is 0. The molecule has 0 saturated heterocycles. The van der Waals surface area contributed by atoms with Crippen molar-refractivity contribution in [3.8, 4) is 0 Å². The van der Waals surface area contributed by atoms with Gasteiger partial charge in [0.25, 0.3) is 0 Å². The number of hydrogen-bond donors (Lipinski definition) is 2. The molecule has 0 radical (unpaired) electrons. The quantitative estimate of drug-likeness (QED) is 0.851. The SMILES string of the molecule is CC(NCc1cnn(CCO)c1)c1c(F)cccc1F. The maximum atomic E-state index is 13.6. The second kappa shape index (κ2) is 6.58. The number of aliphatic hydroxyl groups is 1. The van der Waals surface area contributed by atoms with E-state index in [1.807, 2.05) is 0 Å². The van der Waals surface area contributed by atoms with Gasteiger partial charge in [-0.15, -0.1) is 0 Å². The minimum atomic E-state index is -0.555. The largest absolute Gasteiger partial charge is 0.394 e. The molecule has 108 valence electrons. The third-order valence-electron chi connectivity index (χ3n) is 3.06. The summed E-state index contributed by atoms with van der Waals surface area (Å²) in [7, 11) is 0. The van der Waals surface area contributed by atoms with Gasteiger partial charge < -0.3 is 10.4 Å². The Balaban J connectivity index is 1.99. The number of aliphatic hydroxyl groups excluding tert-OH is 1. The minimum absolute atomic E-state index is 0.0192. The number of halogens is 2. The van der Waals surface area contributed by atoms with Gasteiger partial charge in [-0.25, -0.2) is 8.78 Å². The number of nitrogens with one attached hydrogen (secondary N) is 1. The number of aromatic nitrogens is 2. The lowest BCUT2D eigenvalue weighted by Gasteiger charge is -2.15. The fourth-order valence-electron chi connectivity index (χ4n) is 2.02. The van der Waals surface area contributed by atoms with Crippen LogP contribution in [0.15, 0.2) is 30.6 Å². The van der Waals surface area contributed by atoms with Crippen LogP contribution in [0.4, 0.5) is 8.78 Å². The molecule has 0 aliphatic heterocycles. The Labute approximate surface area is 116 Å². The van der Waals surface area contributed by atoms with Crippen LogP contribution >= 0.6 is 0 Å². The summed E-state index contributed by atoms with van der Waals surface area (Å²) in [5.74, 6) is -1.11. The topological polar surface area (TPSA) is 50.1 Å². The summed E-state index contributed by atoms with van der Waals surface area (Å²) in [6, 6.07) is 3.39. The summed E-state index contributed by atoms with van der Waals surface area (Å²) >= 11 is 0. The lowest BCUT2D eigenvalue weighted by Crippen LogP contribution is -2.20. The molecule has 0 bridgehead atoms. The number of benzene rings is 1. The fraction of sp³-hybridized carbons (Fsp3) is 0.357. The Kier molecular flexibility index (Phi) is 4.81. The zero-order valence-electron chi connectivity index (χ0n) is 11.2. The van der Waals surface area contributed by atoms with Crippen LogP contribution in [0.2, 0.25) is 0 Å². The highest BCUT2D eigenvalue weighted by atomic mass is 19.1. The molecular weight excluding hydrogens is 264 g/mol. The highest BCUT2D eigenvalue weighted by Crippen LogP contribution is 2.20. The van der Waals surface area contributed by atoms with E-state index in [4.69, 9.17) is 5.11 Å². The first-order chi connectivity index (χ1) is 9.61. The van der Waals surface area contributed by atoms with Gasteiger partial charge in [0.05, 0.1) is 19.3 Å². The van der Waals surface area contributed by atoms with E-state index in [0.29, 0.717) is 13.1 Å². The van der Waals surface area contributed by atoms with Gasteiger partial charge in [0.1, 0.15) is 11.6 Å². The molecule has 2 rings (SSSR count). The molecule has 1 unspecified atom stereocenters. The van der Waals surface area contributed by atoms with Gasteiger partial charge in [-0.3, -0.25) is 4.68 Å². The highest BCUT2D eigenvalue weighted by Gasteiger charge is 2.15. The zero-order chi connectivity index (χ0) is 14.5. The summed E-state index contributed by atoms with van der Waals surface area (Å²) in [6.07, 6.45) is 3.45. The van der Waals surface area contributed by atoms with E-state index < -0.39 is 17.7 Å². The molecule has 20 heavy (non-hydrogen) atoms. The van der Waals surface area contributed by atoms with Crippen molar-refractivity contribution in [3.63, 3.8) is 0 Å². The first-order valence-electron chi connectivity index (χ1n) is 6.41. The number of rotatable bonds is 6. The molecule has 0 spiro atoms. The molecule has 1 aromatic heterocycles. The zero-order valence-corrected chi connectivity index (χ0v) is 11.2. The molecule has 6 heteroatoms. The first kappa shape index (κ1) is 14.6. The molecule has 0 fully saturated rings. The van der Waals surface area contributed by atoms with Gasteiger partial charge in [0.15, 0.2) is 0 Å². The van der Waals surface area contributed by atoms with Gasteiger partial charge in [-0.05, 0) is 19.1 Å². The second-order valence-electron chi connectivity index (χ2n) is 4.57. The molecule has 0 saturated carbocycles. The Hall–Kier alpha value is -1.79. The van der Waals surface area contributed by atoms with Crippen LogP contribution in [0.3, 0.4) is 0 Å². The number of hydrogen-bond acceptors (Lipinski definition) is 3. The smallest absolute Gasteiger partial charge is 0.130 e. The summed E-state index contributed by atoms with van der Waals surface area (Å²) in [5, 5.41) is 15.9. The Morgan fingerprint density at radius 2 is 2.05 bits per heavy atom. The summed E-state index contributed by atoms with van der Waals surface area (Å²) in [6.45, 7) is 2.60. The predicted molar refractivity (Wildman–Crippen MR) is 70.9 cm³/mol. The van der Waals surface area contributed by atoms with E-state index in [0.717, 1.165) is 5.56 Å². The third kappa shape index (κ3) is 3.40. The highest BCUT2D eigenvalue weighted by molar-refractivity contribution is 5.23. The average molecular weight is 281 g/mol. The first-order valence-corrected chi connectivity index (χ1v) is 6.41. The Bertz CT molecular complexity index is 551. The van der Waals surface area contributed by atoms with E-state index in [9.17, 15) is 8.78 Å². The maximum Gasteiger partial charge on any atom is 0.130 e. The van der Waals surface area contributed by atoms with Gasteiger partial charge in [-0.2, -0.15) is 5.10 Å². The van der Waals surface area contributed by atoms with Crippen LogP contribution in [0, 0.1) is 11.6 Å². The molecular formula is C14H17F2N3O. The van der Waals surface area contributed by atoms with Gasteiger partial charge >= 0.3 is 0 Å². The Morgan fingerprint density at radius 1 is 1.35 bits per heavy atom.